The molecular weight excluding hydrogens is 394 g/mol. The van der Waals surface area contributed by atoms with Crippen molar-refractivity contribution in [1.82, 2.24) is 0 Å². The Morgan fingerprint density at radius 3 is 1.80 bits per heavy atom. The van der Waals surface area contributed by atoms with Crippen molar-refractivity contribution in [2.45, 2.75) is 15.0 Å². The van der Waals surface area contributed by atoms with Gasteiger partial charge >= 0.3 is 0 Å². The van der Waals surface area contributed by atoms with E-state index in [1.54, 1.807) is 23.5 Å². The molecule has 1 atom stereocenters. The smallest absolute Gasteiger partial charge is 0.123 e. The van der Waals surface area contributed by atoms with E-state index >= 15 is 0 Å². The summed E-state index contributed by atoms with van der Waals surface area (Å²) in [6.45, 7) is 0. The van der Waals surface area contributed by atoms with E-state index in [0.29, 0.717) is 0 Å². The summed E-state index contributed by atoms with van der Waals surface area (Å²) >= 11 is 15.4. The van der Waals surface area contributed by atoms with Crippen LogP contribution in [0.1, 0.15) is 10.8 Å². The Kier molecular flexibility index (Phi) is 6.71. The average Bonchev–Trinajstić information content (AvgIpc) is 2.62. The molecule has 0 amide bonds. The molecule has 0 spiro atoms. The quantitative estimate of drug-likeness (QED) is 0.382. The zero-order valence-corrected chi connectivity index (χ0v) is 16.3. The topological polar surface area (TPSA) is 0 Å². The van der Waals surface area contributed by atoms with Crippen molar-refractivity contribution in [1.29, 1.82) is 0 Å². The van der Waals surface area contributed by atoms with Crippen LogP contribution in [0.5, 0.6) is 0 Å². The summed E-state index contributed by atoms with van der Waals surface area (Å²) in [6, 6.07) is 22.3. The highest BCUT2D eigenvalue weighted by molar-refractivity contribution is 8.03. The summed E-state index contributed by atoms with van der Waals surface area (Å²) in [5.74, 6) is 0.643. The minimum Gasteiger partial charge on any atom is -0.207 e. The van der Waals surface area contributed by atoms with E-state index in [9.17, 15) is 4.39 Å². The second-order valence-electron chi connectivity index (χ2n) is 5.38. The Hall–Kier alpha value is -1.13. The Balaban J connectivity index is 1.76. The maximum atomic E-state index is 13.3. The van der Waals surface area contributed by atoms with Gasteiger partial charge in [0.2, 0.25) is 0 Å². The van der Waals surface area contributed by atoms with E-state index < -0.39 is 0 Å². The molecule has 3 aromatic rings. The SMILES string of the molecule is Fc1ccc(C(CSc2ccc(Cl)cc2)Sc2ccc(Cl)cc2)cc1. The molecule has 3 rings (SSSR count). The number of halogens is 3. The van der Waals surface area contributed by atoms with Crippen LogP contribution in [0.25, 0.3) is 0 Å². The third-order valence-corrected chi connectivity index (χ3v) is 6.64. The van der Waals surface area contributed by atoms with Gasteiger partial charge < -0.3 is 0 Å². The Morgan fingerprint density at radius 2 is 1.24 bits per heavy atom. The molecule has 0 aliphatic rings. The van der Waals surface area contributed by atoms with Gasteiger partial charge in [0.25, 0.3) is 0 Å². The Labute approximate surface area is 165 Å². The maximum absolute atomic E-state index is 13.3. The first-order valence-corrected chi connectivity index (χ1v) is 10.3. The molecule has 0 saturated heterocycles. The van der Waals surface area contributed by atoms with Crippen molar-refractivity contribution in [2.75, 3.05) is 5.75 Å². The lowest BCUT2D eigenvalue weighted by Gasteiger charge is -2.17. The summed E-state index contributed by atoms with van der Waals surface area (Å²) in [4.78, 5) is 2.30. The zero-order valence-electron chi connectivity index (χ0n) is 13.2. The monoisotopic (exact) mass is 408 g/mol. The van der Waals surface area contributed by atoms with Crippen molar-refractivity contribution in [3.63, 3.8) is 0 Å². The highest BCUT2D eigenvalue weighted by atomic mass is 35.5. The second-order valence-corrected chi connectivity index (χ2v) is 8.62. The Bertz CT molecular complexity index is 803. The highest BCUT2D eigenvalue weighted by Gasteiger charge is 2.14. The van der Waals surface area contributed by atoms with Crippen LogP contribution in [-0.2, 0) is 0 Å². The van der Waals surface area contributed by atoms with Crippen molar-refractivity contribution in [3.05, 3.63) is 94.2 Å². The molecule has 0 radical (unpaired) electrons. The fraction of sp³-hybridized carbons (Fsp3) is 0.100. The molecule has 0 aliphatic carbocycles. The van der Waals surface area contributed by atoms with Crippen LogP contribution < -0.4 is 0 Å². The Morgan fingerprint density at radius 1 is 0.720 bits per heavy atom. The van der Waals surface area contributed by atoms with E-state index in [1.165, 1.54) is 12.1 Å². The van der Waals surface area contributed by atoms with Gasteiger partial charge in [0, 0.05) is 30.8 Å². The molecule has 3 aromatic carbocycles. The van der Waals surface area contributed by atoms with Crippen molar-refractivity contribution >= 4 is 46.7 Å². The van der Waals surface area contributed by atoms with E-state index in [4.69, 9.17) is 23.2 Å². The minimum atomic E-state index is -0.218. The van der Waals surface area contributed by atoms with Gasteiger partial charge in [-0.3, -0.25) is 0 Å². The van der Waals surface area contributed by atoms with Crippen LogP contribution in [0.15, 0.2) is 82.6 Å². The van der Waals surface area contributed by atoms with Gasteiger partial charge in [0.1, 0.15) is 5.82 Å². The molecule has 1 unspecified atom stereocenters. The molecule has 128 valence electrons. The summed E-state index contributed by atoms with van der Waals surface area (Å²) in [7, 11) is 0. The predicted octanol–water partition coefficient (Wildman–Crippen LogP) is 7.76. The number of benzene rings is 3. The van der Waals surface area contributed by atoms with Crippen LogP contribution in [0.4, 0.5) is 4.39 Å². The zero-order chi connectivity index (χ0) is 17.6. The van der Waals surface area contributed by atoms with Crippen LogP contribution >= 0.6 is 46.7 Å². The number of hydrogen-bond acceptors (Lipinski definition) is 2. The standard InChI is InChI=1S/C20H15Cl2FS2/c21-15-3-9-18(10-4-15)24-13-20(14-1-7-17(23)8-2-14)25-19-11-5-16(22)6-12-19/h1-12,20H,13H2. The number of thioether (sulfide) groups is 2. The van der Waals surface area contributed by atoms with Crippen molar-refractivity contribution in [2.24, 2.45) is 0 Å². The summed E-state index contributed by atoms with van der Waals surface area (Å²) in [5, 5.41) is 1.65. The van der Waals surface area contributed by atoms with E-state index in [0.717, 1.165) is 31.2 Å². The molecule has 25 heavy (non-hydrogen) atoms. The number of rotatable bonds is 6. The van der Waals surface area contributed by atoms with Gasteiger partial charge in [-0.2, -0.15) is 0 Å². The normalized spacial score (nSPS) is 12.1. The van der Waals surface area contributed by atoms with Crippen molar-refractivity contribution < 1.29 is 4.39 Å². The second kappa shape index (κ2) is 9.00. The van der Waals surface area contributed by atoms with E-state index in [1.807, 2.05) is 60.7 Å². The van der Waals surface area contributed by atoms with Crippen LogP contribution in [0.2, 0.25) is 10.0 Å². The molecule has 5 heteroatoms. The van der Waals surface area contributed by atoms with Gasteiger partial charge in [-0.1, -0.05) is 35.3 Å². The predicted molar refractivity (Wildman–Crippen MR) is 109 cm³/mol. The van der Waals surface area contributed by atoms with Crippen molar-refractivity contribution in [3.8, 4) is 0 Å². The van der Waals surface area contributed by atoms with Gasteiger partial charge in [-0.15, -0.1) is 23.5 Å². The molecular formula is C20H15Cl2FS2. The fourth-order valence-corrected chi connectivity index (χ4v) is 4.76. The van der Waals surface area contributed by atoms with Crippen LogP contribution in [0.3, 0.4) is 0 Å². The molecule has 0 aromatic heterocycles. The summed E-state index contributed by atoms with van der Waals surface area (Å²) in [6.07, 6.45) is 0. The van der Waals surface area contributed by atoms with Crippen LogP contribution in [0, 0.1) is 5.82 Å². The summed E-state index contributed by atoms with van der Waals surface area (Å²) < 4.78 is 13.3. The molecule has 0 heterocycles. The lowest BCUT2D eigenvalue weighted by atomic mass is 10.2. The van der Waals surface area contributed by atoms with E-state index in [-0.39, 0.29) is 11.1 Å². The first-order chi connectivity index (χ1) is 12.1. The molecule has 0 fully saturated rings. The van der Waals surface area contributed by atoms with Crippen LogP contribution in [-0.4, -0.2) is 5.75 Å². The number of hydrogen-bond donors (Lipinski definition) is 0. The molecule has 0 saturated carbocycles. The largest absolute Gasteiger partial charge is 0.207 e. The average molecular weight is 409 g/mol. The minimum absolute atomic E-state index is 0.197. The van der Waals surface area contributed by atoms with Gasteiger partial charge in [-0.05, 0) is 66.2 Å². The first-order valence-electron chi connectivity index (χ1n) is 7.66. The van der Waals surface area contributed by atoms with Gasteiger partial charge in [0.15, 0.2) is 0 Å². The van der Waals surface area contributed by atoms with Gasteiger partial charge in [-0.25, -0.2) is 4.39 Å². The third kappa shape index (κ3) is 5.68. The highest BCUT2D eigenvalue weighted by Crippen LogP contribution is 2.39. The first kappa shape index (κ1) is 18.7. The van der Waals surface area contributed by atoms with E-state index in [2.05, 4.69) is 0 Å². The fourth-order valence-electron chi connectivity index (χ4n) is 2.26. The lowest BCUT2D eigenvalue weighted by Crippen LogP contribution is -1.98. The molecule has 0 N–H and O–H groups in total. The molecule has 0 nitrogen and oxygen atoms in total. The lowest BCUT2D eigenvalue weighted by molar-refractivity contribution is 0.627. The molecule has 0 bridgehead atoms. The summed E-state index contributed by atoms with van der Waals surface area (Å²) in [5.41, 5.74) is 1.10. The third-order valence-electron chi connectivity index (χ3n) is 3.55. The molecule has 0 aliphatic heterocycles. The van der Waals surface area contributed by atoms with Gasteiger partial charge in [0.05, 0.1) is 0 Å². The maximum Gasteiger partial charge on any atom is 0.123 e.